The van der Waals surface area contributed by atoms with Crippen LogP contribution in [0, 0.1) is 0 Å². The smallest absolute Gasteiger partial charge is 0.192 e. The summed E-state index contributed by atoms with van der Waals surface area (Å²) in [6.07, 6.45) is 1.53. The highest BCUT2D eigenvalue weighted by Gasteiger charge is 2.05. The lowest BCUT2D eigenvalue weighted by Crippen LogP contribution is -1.93. The van der Waals surface area contributed by atoms with Crippen LogP contribution in [0.25, 0.3) is 10.9 Å². The molecule has 0 saturated carbocycles. The Morgan fingerprint density at radius 3 is 2.89 bits per heavy atom. The van der Waals surface area contributed by atoms with Gasteiger partial charge >= 0.3 is 0 Å². The van der Waals surface area contributed by atoms with Crippen LogP contribution in [-0.4, -0.2) is 19.7 Å². The molecule has 6 heteroatoms. The van der Waals surface area contributed by atoms with E-state index >= 15 is 0 Å². The zero-order chi connectivity index (χ0) is 12.5. The normalized spacial score (nSPS) is 10.9. The minimum atomic E-state index is 0.748. The molecule has 0 atom stereocenters. The van der Waals surface area contributed by atoms with Gasteiger partial charge in [0.15, 0.2) is 5.16 Å². The first-order valence-electron chi connectivity index (χ1n) is 5.40. The van der Waals surface area contributed by atoms with Crippen molar-refractivity contribution in [2.75, 3.05) is 5.73 Å². The summed E-state index contributed by atoms with van der Waals surface area (Å²) in [5, 5.41) is 6.78. The molecule has 2 heterocycles. The number of pyridine rings is 1. The summed E-state index contributed by atoms with van der Waals surface area (Å²) in [4.78, 5) is 8.72. The van der Waals surface area contributed by atoms with E-state index in [1.165, 1.54) is 18.1 Å². The second kappa shape index (κ2) is 4.30. The fraction of sp³-hybridized carbons (Fsp3) is 0.0833. The van der Waals surface area contributed by atoms with Gasteiger partial charge in [0.25, 0.3) is 0 Å². The van der Waals surface area contributed by atoms with E-state index in [2.05, 4.69) is 15.1 Å². The van der Waals surface area contributed by atoms with Crippen LogP contribution >= 0.6 is 11.8 Å². The highest BCUT2D eigenvalue weighted by atomic mass is 32.2. The third-order valence-electron chi connectivity index (χ3n) is 2.55. The minimum Gasteiger partial charge on any atom is -0.399 e. The van der Waals surface area contributed by atoms with Gasteiger partial charge in [0.05, 0.1) is 5.52 Å². The summed E-state index contributed by atoms with van der Waals surface area (Å²) >= 11 is 1.49. The maximum Gasteiger partial charge on any atom is 0.192 e. The molecule has 0 aliphatic carbocycles. The molecule has 0 saturated heterocycles. The summed E-state index contributed by atoms with van der Waals surface area (Å²) in [7, 11) is 1.86. The first-order chi connectivity index (χ1) is 8.72. The summed E-state index contributed by atoms with van der Waals surface area (Å²) in [5.41, 5.74) is 7.41. The second-order valence-corrected chi connectivity index (χ2v) is 4.86. The Morgan fingerprint density at radius 2 is 2.11 bits per heavy atom. The van der Waals surface area contributed by atoms with Gasteiger partial charge in [0, 0.05) is 18.1 Å². The van der Waals surface area contributed by atoms with Crippen molar-refractivity contribution in [1.82, 2.24) is 19.7 Å². The van der Waals surface area contributed by atoms with E-state index in [1.54, 1.807) is 4.68 Å². The number of nitrogens with two attached hydrogens (primary N) is 1. The second-order valence-electron chi connectivity index (χ2n) is 3.87. The maximum absolute atomic E-state index is 5.74. The molecule has 3 aromatic rings. The number of fused-ring (bicyclic) bond motifs is 1. The van der Waals surface area contributed by atoms with Gasteiger partial charge < -0.3 is 5.73 Å². The zero-order valence-electron chi connectivity index (χ0n) is 9.74. The van der Waals surface area contributed by atoms with Crippen LogP contribution in [0.1, 0.15) is 0 Å². The van der Waals surface area contributed by atoms with Gasteiger partial charge in [-0.2, -0.15) is 5.10 Å². The lowest BCUT2D eigenvalue weighted by molar-refractivity contribution is 0.684. The van der Waals surface area contributed by atoms with Crippen LogP contribution in [-0.2, 0) is 7.05 Å². The number of hydrogen-bond donors (Lipinski definition) is 1. The fourth-order valence-electron chi connectivity index (χ4n) is 1.65. The molecule has 3 rings (SSSR count). The van der Waals surface area contributed by atoms with Gasteiger partial charge in [0.1, 0.15) is 11.4 Å². The average Bonchev–Trinajstić information content (AvgIpc) is 2.75. The van der Waals surface area contributed by atoms with Crippen LogP contribution in [0.3, 0.4) is 0 Å². The number of aromatic nitrogens is 4. The molecular formula is C12H11N5S. The van der Waals surface area contributed by atoms with E-state index in [1.807, 2.05) is 37.4 Å². The van der Waals surface area contributed by atoms with E-state index in [0.717, 1.165) is 26.8 Å². The molecule has 5 nitrogen and oxygen atoms in total. The van der Waals surface area contributed by atoms with Crippen molar-refractivity contribution < 1.29 is 0 Å². The predicted molar refractivity (Wildman–Crippen MR) is 71.3 cm³/mol. The Balaban J connectivity index is 1.99. The summed E-state index contributed by atoms with van der Waals surface area (Å²) in [5.74, 6) is 0. The van der Waals surface area contributed by atoms with Crippen molar-refractivity contribution in [3.63, 3.8) is 0 Å². The van der Waals surface area contributed by atoms with E-state index in [4.69, 9.17) is 5.73 Å². The SMILES string of the molecule is Cn1ncnc1Sc1ccc2cc(N)ccc2n1. The molecule has 0 amide bonds. The van der Waals surface area contributed by atoms with E-state index in [-0.39, 0.29) is 0 Å². The number of nitrogen functional groups attached to an aromatic ring is 1. The first-order valence-corrected chi connectivity index (χ1v) is 6.22. The average molecular weight is 257 g/mol. The maximum atomic E-state index is 5.74. The predicted octanol–water partition coefficient (Wildman–Crippen LogP) is 2.10. The molecule has 0 aliphatic heterocycles. The highest BCUT2D eigenvalue weighted by molar-refractivity contribution is 7.99. The van der Waals surface area contributed by atoms with E-state index < -0.39 is 0 Å². The molecular weight excluding hydrogens is 246 g/mol. The van der Waals surface area contributed by atoms with Gasteiger partial charge in [-0.05, 0) is 36.0 Å². The molecule has 0 spiro atoms. The third kappa shape index (κ3) is 2.02. The van der Waals surface area contributed by atoms with Crippen molar-refractivity contribution in [3.05, 3.63) is 36.7 Å². The van der Waals surface area contributed by atoms with Gasteiger partial charge in [-0.3, -0.25) is 0 Å². The molecule has 0 bridgehead atoms. The van der Waals surface area contributed by atoms with Crippen molar-refractivity contribution in [2.24, 2.45) is 7.05 Å². The molecule has 2 N–H and O–H groups in total. The topological polar surface area (TPSA) is 69.6 Å². The van der Waals surface area contributed by atoms with Crippen molar-refractivity contribution >= 4 is 28.4 Å². The molecule has 0 fully saturated rings. The number of benzene rings is 1. The number of aryl methyl sites for hydroxylation is 1. The van der Waals surface area contributed by atoms with Gasteiger partial charge in [-0.1, -0.05) is 6.07 Å². The summed E-state index contributed by atoms with van der Waals surface area (Å²) in [6.45, 7) is 0. The highest BCUT2D eigenvalue weighted by Crippen LogP contribution is 2.26. The summed E-state index contributed by atoms with van der Waals surface area (Å²) in [6, 6.07) is 9.66. The Kier molecular flexibility index (Phi) is 2.64. The molecule has 0 unspecified atom stereocenters. The van der Waals surface area contributed by atoms with Crippen LogP contribution in [0.5, 0.6) is 0 Å². The molecule has 0 radical (unpaired) electrons. The Hall–Kier alpha value is -2.08. The standard InChI is InChI=1S/C12H11N5S/c1-17-12(14-7-15-17)18-11-5-2-8-6-9(13)3-4-10(8)16-11/h2-7H,13H2,1H3. The minimum absolute atomic E-state index is 0.748. The van der Waals surface area contributed by atoms with Crippen LogP contribution < -0.4 is 5.73 Å². The van der Waals surface area contributed by atoms with E-state index in [0.29, 0.717) is 0 Å². The largest absolute Gasteiger partial charge is 0.399 e. The van der Waals surface area contributed by atoms with Crippen LogP contribution in [0.4, 0.5) is 5.69 Å². The Morgan fingerprint density at radius 1 is 1.22 bits per heavy atom. The quantitative estimate of drug-likeness (QED) is 0.712. The van der Waals surface area contributed by atoms with Crippen LogP contribution in [0.15, 0.2) is 46.8 Å². The van der Waals surface area contributed by atoms with Gasteiger partial charge in [-0.25, -0.2) is 14.6 Å². The first kappa shape index (κ1) is 11.0. The van der Waals surface area contributed by atoms with Gasteiger partial charge in [0.2, 0.25) is 0 Å². The van der Waals surface area contributed by atoms with Crippen molar-refractivity contribution in [2.45, 2.75) is 10.2 Å². The lowest BCUT2D eigenvalue weighted by atomic mass is 10.2. The lowest BCUT2D eigenvalue weighted by Gasteiger charge is -2.03. The summed E-state index contributed by atoms with van der Waals surface area (Å²) < 4.78 is 1.72. The molecule has 90 valence electrons. The molecule has 1 aromatic carbocycles. The Bertz CT molecular complexity index is 707. The number of nitrogens with zero attached hydrogens (tertiary/aromatic N) is 4. The number of hydrogen-bond acceptors (Lipinski definition) is 5. The molecule has 2 aromatic heterocycles. The number of anilines is 1. The van der Waals surface area contributed by atoms with Crippen molar-refractivity contribution in [1.29, 1.82) is 0 Å². The van der Waals surface area contributed by atoms with Crippen molar-refractivity contribution in [3.8, 4) is 0 Å². The number of rotatable bonds is 2. The molecule has 0 aliphatic rings. The Labute approximate surface area is 108 Å². The molecule has 18 heavy (non-hydrogen) atoms. The van der Waals surface area contributed by atoms with E-state index in [9.17, 15) is 0 Å². The van der Waals surface area contributed by atoms with Crippen LogP contribution in [0.2, 0.25) is 0 Å². The van der Waals surface area contributed by atoms with Gasteiger partial charge in [-0.15, -0.1) is 0 Å². The zero-order valence-corrected chi connectivity index (χ0v) is 10.6. The fourth-order valence-corrected chi connectivity index (χ4v) is 2.40. The third-order valence-corrected chi connectivity index (χ3v) is 3.54. The monoisotopic (exact) mass is 257 g/mol.